The number of halogens is 3. The molecule has 0 aromatic heterocycles. The highest BCUT2D eigenvalue weighted by atomic mass is 35.6. The molecule has 0 saturated carbocycles. The van der Waals surface area contributed by atoms with Crippen LogP contribution in [0.25, 0.3) is 0 Å². The zero-order valence-electron chi connectivity index (χ0n) is 7.58. The molecule has 0 saturated heterocycles. The highest BCUT2D eigenvalue weighted by molar-refractivity contribution is 6.68. The van der Waals surface area contributed by atoms with Crippen LogP contribution in [0.5, 0.6) is 0 Å². The number of primary amides is 1. The van der Waals surface area contributed by atoms with E-state index >= 15 is 0 Å². The number of rotatable bonds is 2. The lowest BCUT2D eigenvalue weighted by atomic mass is 10.1. The van der Waals surface area contributed by atoms with Crippen molar-refractivity contribution in [1.82, 2.24) is 5.32 Å². The second kappa shape index (κ2) is 4.92. The van der Waals surface area contributed by atoms with Crippen molar-refractivity contribution in [3.63, 3.8) is 0 Å². The Balaban J connectivity index is 2.97. The third-order valence-corrected chi connectivity index (χ3v) is 2.40. The van der Waals surface area contributed by atoms with Gasteiger partial charge in [0.2, 0.25) is 3.79 Å². The summed E-state index contributed by atoms with van der Waals surface area (Å²) in [7, 11) is 0. The largest absolute Gasteiger partial charge is 0.352 e. The van der Waals surface area contributed by atoms with E-state index in [1.165, 1.54) is 0 Å². The molecular weight excluding hydrogens is 258 g/mol. The number of amides is 2. The van der Waals surface area contributed by atoms with E-state index in [2.05, 4.69) is 5.32 Å². The topological polar surface area (TPSA) is 55.1 Å². The summed E-state index contributed by atoms with van der Waals surface area (Å²) in [5, 5.41) is 2.38. The number of benzene rings is 1. The Labute approximate surface area is 102 Å². The molecule has 3 nitrogen and oxygen atoms in total. The summed E-state index contributed by atoms with van der Waals surface area (Å²) in [6, 6.07) is 7.35. The minimum Gasteiger partial charge on any atom is -0.352 e. The van der Waals surface area contributed by atoms with E-state index in [4.69, 9.17) is 40.5 Å². The SMILES string of the molecule is NC(=O)NC(c1ccccc1)C(Cl)(Cl)Cl. The first-order valence-electron chi connectivity index (χ1n) is 4.09. The molecule has 3 N–H and O–H groups in total. The van der Waals surface area contributed by atoms with E-state index in [1.54, 1.807) is 24.3 Å². The molecule has 0 bridgehead atoms. The summed E-state index contributed by atoms with van der Waals surface area (Å²) in [5.41, 5.74) is 5.68. The number of carbonyl (C=O) groups excluding carboxylic acids is 1. The second-order valence-corrected chi connectivity index (χ2v) is 5.26. The third kappa shape index (κ3) is 3.78. The molecule has 82 valence electrons. The number of urea groups is 1. The lowest BCUT2D eigenvalue weighted by Crippen LogP contribution is -2.39. The predicted octanol–water partition coefficient (Wildman–Crippen LogP) is 2.77. The van der Waals surface area contributed by atoms with Crippen molar-refractivity contribution in [2.24, 2.45) is 5.73 Å². The molecule has 1 atom stereocenters. The molecule has 1 rings (SSSR count). The van der Waals surface area contributed by atoms with Crippen molar-refractivity contribution in [3.05, 3.63) is 35.9 Å². The molecule has 6 heteroatoms. The Morgan fingerprint density at radius 2 is 1.80 bits per heavy atom. The number of hydrogen-bond donors (Lipinski definition) is 2. The normalized spacial score (nSPS) is 13.3. The molecule has 0 radical (unpaired) electrons. The number of carbonyl (C=O) groups is 1. The van der Waals surface area contributed by atoms with Crippen molar-refractivity contribution in [2.45, 2.75) is 9.83 Å². The van der Waals surface area contributed by atoms with Gasteiger partial charge in [-0.15, -0.1) is 0 Å². The van der Waals surface area contributed by atoms with E-state index in [-0.39, 0.29) is 0 Å². The quantitative estimate of drug-likeness (QED) is 0.796. The summed E-state index contributed by atoms with van der Waals surface area (Å²) < 4.78 is -1.64. The molecule has 0 spiro atoms. The van der Waals surface area contributed by atoms with Crippen LogP contribution in [0.3, 0.4) is 0 Å². The molecule has 0 fully saturated rings. The van der Waals surface area contributed by atoms with Crippen LogP contribution in [0, 0.1) is 0 Å². The van der Waals surface area contributed by atoms with E-state index < -0.39 is 15.9 Å². The van der Waals surface area contributed by atoms with E-state index in [1.807, 2.05) is 6.07 Å². The fourth-order valence-corrected chi connectivity index (χ4v) is 1.68. The van der Waals surface area contributed by atoms with Gasteiger partial charge in [-0.1, -0.05) is 65.1 Å². The van der Waals surface area contributed by atoms with E-state index in [0.717, 1.165) is 0 Å². The molecule has 0 heterocycles. The molecule has 0 aliphatic rings. The number of alkyl halides is 3. The maximum atomic E-state index is 10.8. The fraction of sp³-hybridized carbons (Fsp3) is 0.222. The average Bonchev–Trinajstić information content (AvgIpc) is 2.14. The van der Waals surface area contributed by atoms with Crippen molar-refractivity contribution < 1.29 is 4.79 Å². The van der Waals surface area contributed by atoms with Gasteiger partial charge >= 0.3 is 6.03 Å². The summed E-state index contributed by atoms with van der Waals surface area (Å²) in [5.74, 6) is 0. The zero-order valence-corrected chi connectivity index (χ0v) is 9.85. The molecule has 1 aromatic rings. The Morgan fingerprint density at radius 1 is 1.27 bits per heavy atom. The van der Waals surface area contributed by atoms with Crippen molar-refractivity contribution in [1.29, 1.82) is 0 Å². The van der Waals surface area contributed by atoms with Crippen molar-refractivity contribution in [2.75, 3.05) is 0 Å². The molecule has 1 unspecified atom stereocenters. The van der Waals surface area contributed by atoms with Crippen molar-refractivity contribution in [3.8, 4) is 0 Å². The predicted molar refractivity (Wildman–Crippen MR) is 62.2 cm³/mol. The van der Waals surface area contributed by atoms with E-state index in [9.17, 15) is 4.79 Å². The highest BCUT2D eigenvalue weighted by Crippen LogP contribution is 2.39. The molecule has 0 aliphatic carbocycles. The van der Waals surface area contributed by atoms with Gasteiger partial charge in [-0.05, 0) is 5.56 Å². The molecule has 0 aliphatic heterocycles. The van der Waals surface area contributed by atoms with E-state index in [0.29, 0.717) is 5.56 Å². The summed E-state index contributed by atoms with van der Waals surface area (Å²) in [4.78, 5) is 10.8. The first kappa shape index (κ1) is 12.4. The van der Waals surface area contributed by atoms with Crippen molar-refractivity contribution >= 4 is 40.8 Å². The molecular formula is C9H9Cl3N2O. The van der Waals surface area contributed by atoms with Gasteiger partial charge in [0.25, 0.3) is 0 Å². The van der Waals surface area contributed by atoms with Crippen LogP contribution in [0.4, 0.5) is 4.79 Å². The zero-order chi connectivity index (χ0) is 11.5. The number of nitrogens with two attached hydrogens (primary N) is 1. The monoisotopic (exact) mass is 266 g/mol. The smallest absolute Gasteiger partial charge is 0.312 e. The maximum absolute atomic E-state index is 10.8. The van der Waals surface area contributed by atoms with Gasteiger partial charge in [-0.3, -0.25) is 0 Å². The number of hydrogen-bond acceptors (Lipinski definition) is 1. The third-order valence-electron chi connectivity index (χ3n) is 1.75. The van der Waals surface area contributed by atoms with Gasteiger partial charge in [0, 0.05) is 0 Å². The Morgan fingerprint density at radius 3 is 2.20 bits per heavy atom. The maximum Gasteiger partial charge on any atom is 0.312 e. The summed E-state index contributed by atoms with van der Waals surface area (Å²) in [6.07, 6.45) is 0. The second-order valence-electron chi connectivity index (χ2n) is 2.89. The van der Waals surface area contributed by atoms with Crippen LogP contribution in [-0.4, -0.2) is 9.82 Å². The minimum atomic E-state index is -1.64. The van der Waals surface area contributed by atoms with Crippen LogP contribution in [0.1, 0.15) is 11.6 Å². The van der Waals surface area contributed by atoms with Crippen LogP contribution in [0.15, 0.2) is 30.3 Å². The van der Waals surface area contributed by atoms with Crippen LogP contribution in [-0.2, 0) is 0 Å². The fourth-order valence-electron chi connectivity index (χ4n) is 1.14. The molecule has 15 heavy (non-hydrogen) atoms. The first-order chi connectivity index (χ1) is 6.91. The first-order valence-corrected chi connectivity index (χ1v) is 5.22. The highest BCUT2D eigenvalue weighted by Gasteiger charge is 2.34. The Kier molecular flexibility index (Phi) is 4.08. The number of nitrogens with one attached hydrogen (secondary N) is 1. The van der Waals surface area contributed by atoms with Gasteiger partial charge in [-0.25, -0.2) is 4.79 Å². The minimum absolute atomic E-state index is 0.677. The average molecular weight is 268 g/mol. The van der Waals surface area contributed by atoms with Crippen LogP contribution in [0.2, 0.25) is 0 Å². The molecule has 1 aromatic carbocycles. The van der Waals surface area contributed by atoms with Gasteiger partial charge in [0.15, 0.2) is 0 Å². The van der Waals surface area contributed by atoms with Gasteiger partial charge in [0.1, 0.15) is 6.04 Å². The molecule has 2 amide bonds. The lowest BCUT2D eigenvalue weighted by molar-refractivity contribution is 0.245. The standard InChI is InChI=1S/C9H9Cl3N2O/c10-9(11,12)7(14-8(13)15)6-4-2-1-3-5-6/h1-5,7H,(H3,13,14,15). The van der Waals surface area contributed by atoms with Gasteiger partial charge in [0.05, 0.1) is 0 Å². The Bertz CT molecular complexity index is 337. The summed E-state index contributed by atoms with van der Waals surface area (Å²) in [6.45, 7) is 0. The van der Waals surface area contributed by atoms with Gasteiger partial charge in [-0.2, -0.15) is 0 Å². The summed E-state index contributed by atoms with van der Waals surface area (Å²) >= 11 is 17.2. The lowest BCUT2D eigenvalue weighted by Gasteiger charge is -2.24. The Hall–Kier alpha value is -0.640. The van der Waals surface area contributed by atoms with Crippen LogP contribution >= 0.6 is 34.8 Å². The van der Waals surface area contributed by atoms with Crippen LogP contribution < -0.4 is 11.1 Å². The van der Waals surface area contributed by atoms with Gasteiger partial charge < -0.3 is 11.1 Å².